The molecule has 2 N–H and O–H groups in total. The minimum Gasteiger partial charge on any atom is -0.332 e. The summed E-state index contributed by atoms with van der Waals surface area (Å²) in [6, 6.07) is 11.8. The van der Waals surface area contributed by atoms with Crippen molar-refractivity contribution in [2.24, 2.45) is 0 Å². The largest absolute Gasteiger partial charge is 0.332 e. The van der Waals surface area contributed by atoms with Gasteiger partial charge in [0.15, 0.2) is 5.11 Å². The van der Waals surface area contributed by atoms with Gasteiger partial charge in [0, 0.05) is 15.8 Å². The van der Waals surface area contributed by atoms with Gasteiger partial charge in [-0.15, -0.1) is 11.3 Å². The first-order valence-corrected chi connectivity index (χ1v) is 9.34. The molecule has 1 aromatic heterocycles. The molecule has 0 spiro atoms. The Morgan fingerprint density at radius 3 is 2.40 bits per heavy atom. The van der Waals surface area contributed by atoms with Crippen molar-refractivity contribution in [3.05, 3.63) is 63.0 Å². The molecule has 0 aliphatic rings. The summed E-state index contributed by atoms with van der Waals surface area (Å²) in [6.07, 6.45) is 0. The van der Waals surface area contributed by atoms with E-state index in [1.807, 2.05) is 45.0 Å². The molecular weight excluding hydrogens is 372 g/mol. The smallest absolute Gasteiger partial charge is 0.269 e. The number of aryl methyl sites for hydroxylation is 3. The molecule has 6 heteroatoms. The van der Waals surface area contributed by atoms with Crippen LogP contribution in [-0.2, 0) is 0 Å². The monoisotopic (exact) mass is 388 g/mol. The number of carbonyl (C=O) groups is 1. The number of halogens is 1. The number of fused-ring (bicyclic) bond motifs is 1. The number of amides is 1. The van der Waals surface area contributed by atoms with Gasteiger partial charge in [0.1, 0.15) is 4.88 Å². The van der Waals surface area contributed by atoms with Gasteiger partial charge in [-0.25, -0.2) is 0 Å². The predicted octanol–water partition coefficient (Wildman–Crippen LogP) is 5.61. The average molecular weight is 389 g/mol. The lowest BCUT2D eigenvalue weighted by Crippen LogP contribution is -2.34. The molecule has 0 fully saturated rings. The maximum Gasteiger partial charge on any atom is 0.269 e. The van der Waals surface area contributed by atoms with E-state index in [0.717, 1.165) is 26.9 Å². The molecule has 1 heterocycles. The summed E-state index contributed by atoms with van der Waals surface area (Å²) in [7, 11) is 0. The van der Waals surface area contributed by atoms with Crippen LogP contribution in [0.3, 0.4) is 0 Å². The van der Waals surface area contributed by atoms with Crippen LogP contribution in [0.2, 0.25) is 5.02 Å². The Hall–Kier alpha value is -1.95. The summed E-state index contributed by atoms with van der Waals surface area (Å²) in [5, 5.41) is 7.44. The fourth-order valence-electron chi connectivity index (χ4n) is 2.84. The molecule has 0 atom stereocenters. The first-order valence-electron chi connectivity index (χ1n) is 7.74. The van der Waals surface area contributed by atoms with E-state index in [4.69, 9.17) is 23.8 Å². The molecule has 0 saturated carbocycles. The van der Waals surface area contributed by atoms with Crippen LogP contribution in [-0.4, -0.2) is 11.0 Å². The van der Waals surface area contributed by atoms with E-state index in [9.17, 15) is 4.79 Å². The fraction of sp³-hybridized carbons (Fsp3) is 0.158. The minimum absolute atomic E-state index is 0.258. The number of hydrogen-bond donors (Lipinski definition) is 2. The molecule has 0 bridgehead atoms. The van der Waals surface area contributed by atoms with E-state index in [1.165, 1.54) is 16.9 Å². The Morgan fingerprint density at radius 2 is 1.76 bits per heavy atom. The number of carbonyl (C=O) groups excluding carboxylic acids is 1. The number of hydrogen-bond acceptors (Lipinski definition) is 3. The van der Waals surface area contributed by atoms with Crippen molar-refractivity contribution in [3.63, 3.8) is 0 Å². The second-order valence-electron chi connectivity index (χ2n) is 5.92. The van der Waals surface area contributed by atoms with Crippen LogP contribution in [0.4, 0.5) is 5.69 Å². The quantitative estimate of drug-likeness (QED) is 0.561. The molecule has 3 aromatic rings. The van der Waals surface area contributed by atoms with Crippen LogP contribution in [0.1, 0.15) is 26.4 Å². The molecule has 2 aromatic carbocycles. The predicted molar refractivity (Wildman–Crippen MR) is 111 cm³/mol. The maximum atomic E-state index is 12.5. The van der Waals surface area contributed by atoms with Crippen LogP contribution >= 0.6 is 35.2 Å². The molecule has 3 nitrogen and oxygen atoms in total. The van der Waals surface area contributed by atoms with E-state index in [-0.39, 0.29) is 11.0 Å². The van der Waals surface area contributed by atoms with Crippen molar-refractivity contribution < 1.29 is 4.79 Å². The maximum absolute atomic E-state index is 12.5. The van der Waals surface area contributed by atoms with Crippen molar-refractivity contribution in [1.29, 1.82) is 0 Å². The molecule has 25 heavy (non-hydrogen) atoms. The average Bonchev–Trinajstić information content (AvgIpc) is 2.88. The first kappa shape index (κ1) is 17.9. The van der Waals surface area contributed by atoms with Crippen LogP contribution in [0, 0.1) is 20.8 Å². The lowest BCUT2D eigenvalue weighted by molar-refractivity contribution is 0.0982. The van der Waals surface area contributed by atoms with Crippen LogP contribution < -0.4 is 10.6 Å². The third-order valence-electron chi connectivity index (χ3n) is 3.88. The zero-order valence-corrected chi connectivity index (χ0v) is 16.5. The molecule has 0 radical (unpaired) electrons. The standard InChI is InChI=1S/C19H17ClN2OS2/c1-10-8-11(2)16(12(3)9-10)21-19(24)22-18(23)17-15(20)13-6-4-5-7-14(13)25-17/h4-9H,1-3H3,(H2,21,22,23,24). The molecule has 0 aliphatic carbocycles. The molecule has 0 aliphatic heterocycles. The van der Waals surface area contributed by atoms with Crippen molar-refractivity contribution in [3.8, 4) is 0 Å². The third kappa shape index (κ3) is 3.68. The Balaban J connectivity index is 1.79. The lowest BCUT2D eigenvalue weighted by atomic mass is 10.1. The fourth-order valence-corrected chi connectivity index (χ4v) is 4.45. The van der Waals surface area contributed by atoms with Gasteiger partial charge in [0.25, 0.3) is 5.91 Å². The van der Waals surface area contributed by atoms with E-state index < -0.39 is 0 Å². The normalized spacial score (nSPS) is 10.7. The third-order valence-corrected chi connectivity index (χ3v) is 5.76. The van der Waals surface area contributed by atoms with Gasteiger partial charge in [-0.2, -0.15) is 0 Å². The van der Waals surface area contributed by atoms with Crippen LogP contribution in [0.25, 0.3) is 10.1 Å². The molecule has 0 unspecified atom stereocenters. The summed E-state index contributed by atoms with van der Waals surface area (Å²) in [6.45, 7) is 6.07. The van der Waals surface area contributed by atoms with Crippen molar-refractivity contribution >= 4 is 61.9 Å². The van der Waals surface area contributed by atoms with Gasteiger partial charge in [-0.3, -0.25) is 10.1 Å². The summed E-state index contributed by atoms with van der Waals surface area (Å²) in [5.74, 6) is -0.300. The SMILES string of the molecule is Cc1cc(C)c(NC(=S)NC(=O)c2sc3ccccc3c2Cl)c(C)c1. The lowest BCUT2D eigenvalue weighted by Gasteiger charge is -2.15. The van der Waals surface area contributed by atoms with E-state index in [1.54, 1.807) is 0 Å². The van der Waals surface area contributed by atoms with Crippen molar-refractivity contribution in [2.45, 2.75) is 20.8 Å². The van der Waals surface area contributed by atoms with Crippen molar-refractivity contribution in [2.75, 3.05) is 5.32 Å². The second-order valence-corrected chi connectivity index (χ2v) is 7.76. The molecule has 1 amide bonds. The van der Waals surface area contributed by atoms with Crippen LogP contribution in [0.15, 0.2) is 36.4 Å². The Morgan fingerprint density at radius 1 is 1.12 bits per heavy atom. The van der Waals surface area contributed by atoms with E-state index in [2.05, 4.69) is 22.8 Å². The summed E-state index contributed by atoms with van der Waals surface area (Å²) >= 11 is 13.0. The van der Waals surface area contributed by atoms with Gasteiger partial charge in [0.05, 0.1) is 5.02 Å². The van der Waals surface area contributed by atoms with Gasteiger partial charge in [0.2, 0.25) is 0 Å². The molecule has 0 saturated heterocycles. The molecule has 128 valence electrons. The highest BCUT2D eigenvalue weighted by molar-refractivity contribution is 7.80. The van der Waals surface area contributed by atoms with Gasteiger partial charge < -0.3 is 5.32 Å². The zero-order chi connectivity index (χ0) is 18.1. The highest BCUT2D eigenvalue weighted by Crippen LogP contribution is 2.35. The summed E-state index contributed by atoms with van der Waals surface area (Å²) in [5.41, 5.74) is 4.26. The number of anilines is 1. The number of nitrogens with one attached hydrogen (secondary N) is 2. The second kappa shape index (κ2) is 7.12. The minimum atomic E-state index is -0.300. The first-order chi connectivity index (χ1) is 11.9. The number of thiophene rings is 1. The number of benzene rings is 2. The van der Waals surface area contributed by atoms with Crippen molar-refractivity contribution in [1.82, 2.24) is 5.32 Å². The number of thiocarbonyl (C=S) groups is 1. The Kier molecular flexibility index (Phi) is 5.08. The summed E-state index contributed by atoms with van der Waals surface area (Å²) in [4.78, 5) is 13.0. The molecule has 3 rings (SSSR count). The van der Waals surface area contributed by atoms with Crippen LogP contribution in [0.5, 0.6) is 0 Å². The van der Waals surface area contributed by atoms with Gasteiger partial charge >= 0.3 is 0 Å². The highest BCUT2D eigenvalue weighted by Gasteiger charge is 2.18. The Bertz CT molecular complexity index is 971. The Labute approximate surface area is 161 Å². The van der Waals surface area contributed by atoms with Gasteiger partial charge in [-0.05, 0) is 50.2 Å². The molecular formula is C19H17ClN2OS2. The van der Waals surface area contributed by atoms with E-state index >= 15 is 0 Å². The highest BCUT2D eigenvalue weighted by atomic mass is 35.5. The van der Waals surface area contributed by atoms with E-state index in [0.29, 0.717) is 9.90 Å². The number of rotatable bonds is 2. The zero-order valence-electron chi connectivity index (χ0n) is 14.1. The van der Waals surface area contributed by atoms with Gasteiger partial charge in [-0.1, -0.05) is 47.5 Å². The summed E-state index contributed by atoms with van der Waals surface area (Å²) < 4.78 is 0.974. The topological polar surface area (TPSA) is 41.1 Å².